The summed E-state index contributed by atoms with van der Waals surface area (Å²) in [6.07, 6.45) is 0.789. The van der Waals surface area contributed by atoms with Crippen LogP contribution in [0, 0.1) is 18.8 Å². The van der Waals surface area contributed by atoms with Gasteiger partial charge in [0, 0.05) is 0 Å². The lowest BCUT2D eigenvalue weighted by atomic mass is 9.93. The molecular formula is C29H33NO5. The van der Waals surface area contributed by atoms with Crippen LogP contribution in [0.1, 0.15) is 53.1 Å². The van der Waals surface area contributed by atoms with Crippen molar-refractivity contribution in [1.82, 2.24) is 0 Å². The molecule has 0 radical (unpaired) electrons. The smallest absolute Gasteiger partial charge is 0.344 e. The summed E-state index contributed by atoms with van der Waals surface area (Å²) in [6, 6.07) is 20.5. The summed E-state index contributed by atoms with van der Waals surface area (Å²) >= 11 is 0. The van der Waals surface area contributed by atoms with Crippen LogP contribution in [-0.2, 0) is 22.6 Å². The molecule has 0 saturated heterocycles. The zero-order valence-corrected chi connectivity index (χ0v) is 20.9. The van der Waals surface area contributed by atoms with Gasteiger partial charge in [-0.15, -0.1) is 0 Å². The van der Waals surface area contributed by atoms with E-state index in [2.05, 4.69) is 49.4 Å². The predicted molar refractivity (Wildman–Crippen MR) is 137 cm³/mol. The van der Waals surface area contributed by atoms with E-state index in [0.717, 1.165) is 28.9 Å². The van der Waals surface area contributed by atoms with Crippen LogP contribution >= 0.6 is 0 Å². The molecule has 3 aromatic rings. The number of hydrogen-bond acceptors (Lipinski definition) is 6. The minimum atomic E-state index is -0.524. The summed E-state index contributed by atoms with van der Waals surface area (Å²) in [6.45, 7) is 8.69. The van der Waals surface area contributed by atoms with Crippen LogP contribution in [0.25, 0.3) is 0 Å². The van der Waals surface area contributed by atoms with Gasteiger partial charge >= 0.3 is 5.97 Å². The Morgan fingerprint density at radius 3 is 2.29 bits per heavy atom. The molecule has 0 spiro atoms. The molecule has 0 aromatic heterocycles. The van der Waals surface area contributed by atoms with Gasteiger partial charge < -0.3 is 14.2 Å². The van der Waals surface area contributed by atoms with Crippen molar-refractivity contribution in [3.05, 3.63) is 99.0 Å². The van der Waals surface area contributed by atoms with E-state index in [9.17, 15) is 9.70 Å². The molecule has 0 unspecified atom stereocenters. The van der Waals surface area contributed by atoms with Gasteiger partial charge in [0.2, 0.25) is 0 Å². The highest BCUT2D eigenvalue weighted by Gasteiger charge is 2.13. The second kappa shape index (κ2) is 12.7. The number of benzene rings is 3. The molecule has 0 bridgehead atoms. The zero-order valence-electron chi connectivity index (χ0n) is 20.9. The number of esters is 1. The van der Waals surface area contributed by atoms with E-state index in [4.69, 9.17) is 14.2 Å². The Kier molecular flexibility index (Phi) is 9.41. The summed E-state index contributed by atoms with van der Waals surface area (Å²) in [7, 11) is 0. The van der Waals surface area contributed by atoms with Crippen LogP contribution in [0.4, 0.5) is 0 Å². The minimum absolute atomic E-state index is 0.0306. The Balaban J connectivity index is 1.69. The fourth-order valence-corrected chi connectivity index (χ4v) is 3.93. The Bertz CT molecular complexity index is 1120. The average Bonchev–Trinajstić information content (AvgIpc) is 2.84. The van der Waals surface area contributed by atoms with Crippen molar-refractivity contribution in [3.8, 4) is 11.5 Å². The Hall–Kier alpha value is -3.67. The van der Waals surface area contributed by atoms with E-state index < -0.39 is 5.97 Å². The molecule has 35 heavy (non-hydrogen) atoms. The van der Waals surface area contributed by atoms with Crippen LogP contribution in [-0.4, -0.2) is 25.7 Å². The fourth-order valence-electron chi connectivity index (χ4n) is 3.93. The van der Waals surface area contributed by atoms with Crippen LogP contribution in [0.15, 0.2) is 65.8 Å². The Morgan fingerprint density at radius 2 is 1.63 bits per heavy atom. The summed E-state index contributed by atoms with van der Waals surface area (Å²) in [5, 5.41) is 2.66. The van der Waals surface area contributed by atoms with E-state index >= 15 is 0 Å². The first-order chi connectivity index (χ1) is 16.9. The third-order valence-electron chi connectivity index (χ3n) is 5.79. The maximum atomic E-state index is 11.7. The topological polar surface area (TPSA) is 74.2 Å². The van der Waals surface area contributed by atoms with Crippen LogP contribution in [0.5, 0.6) is 11.5 Å². The zero-order chi connectivity index (χ0) is 25.2. The van der Waals surface area contributed by atoms with Gasteiger partial charge in [0.25, 0.3) is 0 Å². The monoisotopic (exact) mass is 475 g/mol. The van der Waals surface area contributed by atoms with Crippen molar-refractivity contribution in [1.29, 1.82) is 0 Å². The Morgan fingerprint density at radius 1 is 0.914 bits per heavy atom. The number of rotatable bonds is 12. The van der Waals surface area contributed by atoms with Gasteiger partial charge in [-0.25, -0.2) is 4.79 Å². The number of carbonyl (C=O) groups excluding carboxylic acids is 1. The second-order valence-electron chi connectivity index (χ2n) is 8.88. The molecule has 3 rings (SSSR count). The summed E-state index contributed by atoms with van der Waals surface area (Å²) in [5.41, 5.74) is 6.96. The molecule has 184 valence electrons. The van der Waals surface area contributed by atoms with Crippen LogP contribution in [0.2, 0.25) is 0 Å². The summed E-state index contributed by atoms with van der Waals surface area (Å²) in [5.74, 6) is 1.34. The lowest BCUT2D eigenvalue weighted by molar-refractivity contribution is -0.145. The normalized spacial score (nSPS) is 10.8. The van der Waals surface area contributed by atoms with E-state index in [1.54, 1.807) is 0 Å². The fraction of sp³-hybridized carbons (Fsp3) is 0.345. The van der Waals surface area contributed by atoms with Gasteiger partial charge in [-0.2, -0.15) is 4.91 Å². The SMILES string of the molecule is Cc1cc(OCC(=O)OCCN=O)cc(C)c1Cc1ccc(OCc2ccccc2)c(C(C)C)c1. The van der Waals surface area contributed by atoms with E-state index in [1.165, 1.54) is 16.7 Å². The number of ether oxygens (including phenoxy) is 3. The first kappa shape index (κ1) is 25.9. The van der Waals surface area contributed by atoms with Crippen LogP contribution < -0.4 is 9.47 Å². The first-order valence-corrected chi connectivity index (χ1v) is 11.8. The number of nitrogens with zero attached hydrogens (tertiary/aromatic N) is 1. The third kappa shape index (κ3) is 7.67. The molecule has 0 aliphatic heterocycles. The molecule has 0 aliphatic rings. The molecule has 6 heteroatoms. The van der Waals surface area contributed by atoms with Gasteiger partial charge in [-0.1, -0.05) is 61.5 Å². The third-order valence-corrected chi connectivity index (χ3v) is 5.79. The van der Waals surface area contributed by atoms with Crippen LogP contribution in [0.3, 0.4) is 0 Å². The molecule has 0 amide bonds. The standard InChI is InChI=1S/C29H33NO5/c1-20(2)26-16-24(10-11-28(26)35-18-23-8-6-5-7-9-23)17-27-21(3)14-25(15-22(27)4)34-19-29(31)33-13-12-30-32/h5-11,14-16,20H,12-13,17-19H2,1-4H3. The van der Waals surface area contributed by atoms with Gasteiger partial charge in [0.05, 0.1) is 0 Å². The summed E-state index contributed by atoms with van der Waals surface area (Å²) in [4.78, 5) is 21.8. The van der Waals surface area contributed by atoms with E-state index in [1.807, 2.05) is 44.2 Å². The summed E-state index contributed by atoms with van der Waals surface area (Å²) < 4.78 is 16.6. The molecule has 0 aliphatic carbocycles. The number of hydrogen-bond donors (Lipinski definition) is 0. The van der Waals surface area contributed by atoms with Gasteiger partial charge in [0.15, 0.2) is 6.61 Å². The van der Waals surface area contributed by atoms with Gasteiger partial charge in [-0.05, 0) is 77.8 Å². The number of carbonyl (C=O) groups is 1. The highest BCUT2D eigenvalue weighted by Crippen LogP contribution is 2.31. The molecule has 3 aromatic carbocycles. The number of aryl methyl sites for hydroxylation is 2. The van der Waals surface area contributed by atoms with Crippen molar-refractivity contribution in [2.75, 3.05) is 19.8 Å². The highest BCUT2D eigenvalue weighted by molar-refractivity contribution is 5.71. The van der Waals surface area contributed by atoms with Crippen molar-refractivity contribution in [3.63, 3.8) is 0 Å². The van der Waals surface area contributed by atoms with Crippen molar-refractivity contribution in [2.45, 2.75) is 46.6 Å². The molecule has 0 fully saturated rings. The van der Waals surface area contributed by atoms with Crippen molar-refractivity contribution in [2.24, 2.45) is 5.18 Å². The maximum Gasteiger partial charge on any atom is 0.344 e. The molecule has 0 saturated carbocycles. The molecule has 0 atom stereocenters. The largest absolute Gasteiger partial charge is 0.489 e. The molecule has 0 N–H and O–H groups in total. The van der Waals surface area contributed by atoms with Crippen molar-refractivity contribution >= 4 is 5.97 Å². The van der Waals surface area contributed by atoms with E-state index in [-0.39, 0.29) is 19.8 Å². The first-order valence-electron chi connectivity index (χ1n) is 11.8. The molecule has 0 heterocycles. The second-order valence-corrected chi connectivity index (χ2v) is 8.88. The minimum Gasteiger partial charge on any atom is -0.489 e. The lowest BCUT2D eigenvalue weighted by Crippen LogP contribution is -2.16. The van der Waals surface area contributed by atoms with E-state index in [0.29, 0.717) is 18.3 Å². The maximum absolute atomic E-state index is 11.7. The lowest BCUT2D eigenvalue weighted by Gasteiger charge is -2.17. The van der Waals surface area contributed by atoms with Crippen molar-refractivity contribution < 1.29 is 19.0 Å². The highest BCUT2D eigenvalue weighted by atomic mass is 16.6. The van der Waals surface area contributed by atoms with Gasteiger partial charge in [-0.3, -0.25) is 0 Å². The predicted octanol–water partition coefficient (Wildman–Crippen LogP) is 6.29. The Labute approximate surface area is 207 Å². The molecule has 6 nitrogen and oxygen atoms in total. The quantitative estimate of drug-likeness (QED) is 0.175. The average molecular weight is 476 g/mol. The molecular weight excluding hydrogens is 442 g/mol. The van der Waals surface area contributed by atoms with Gasteiger partial charge in [0.1, 0.15) is 31.3 Å². The number of nitroso groups, excluding NO2 is 1.